The van der Waals surface area contributed by atoms with Crippen LogP contribution in [0.2, 0.25) is 0 Å². The minimum Gasteiger partial charge on any atom is -0.454 e. The summed E-state index contributed by atoms with van der Waals surface area (Å²) in [5.41, 5.74) is 0.997. The lowest BCUT2D eigenvalue weighted by molar-refractivity contribution is -0.150. The van der Waals surface area contributed by atoms with E-state index in [9.17, 15) is 19.2 Å². The van der Waals surface area contributed by atoms with Crippen LogP contribution in [0.1, 0.15) is 33.2 Å². The molecule has 0 aliphatic carbocycles. The number of imide groups is 1. The monoisotopic (exact) mass is 377 g/mol. The number of carbonyl (C=O) groups is 4. The molecular formula is C20H15N3O5. The van der Waals surface area contributed by atoms with Crippen molar-refractivity contribution in [2.24, 2.45) is 0 Å². The van der Waals surface area contributed by atoms with Gasteiger partial charge in [-0.25, -0.2) is 4.79 Å². The summed E-state index contributed by atoms with van der Waals surface area (Å²) in [5.74, 6) is -2.71. The second-order valence-electron chi connectivity index (χ2n) is 6.02. The van der Waals surface area contributed by atoms with Crippen LogP contribution in [0.4, 0.5) is 5.69 Å². The van der Waals surface area contributed by atoms with E-state index in [2.05, 4.69) is 5.32 Å². The van der Waals surface area contributed by atoms with Crippen molar-refractivity contribution in [2.45, 2.75) is 13.0 Å². The lowest BCUT2D eigenvalue weighted by atomic mass is 10.1. The van der Waals surface area contributed by atoms with E-state index in [1.807, 2.05) is 6.07 Å². The van der Waals surface area contributed by atoms with Crippen LogP contribution >= 0.6 is 0 Å². The van der Waals surface area contributed by atoms with E-state index in [1.54, 1.807) is 30.3 Å². The first-order chi connectivity index (χ1) is 13.4. The number of carbonyl (C=O) groups excluding carboxylic acids is 4. The molecule has 1 heterocycles. The number of rotatable bonds is 5. The van der Waals surface area contributed by atoms with E-state index in [-0.39, 0.29) is 16.7 Å². The first-order valence-corrected chi connectivity index (χ1v) is 8.36. The van der Waals surface area contributed by atoms with Crippen LogP contribution in [0.15, 0.2) is 48.5 Å². The second kappa shape index (κ2) is 7.72. The minimum absolute atomic E-state index is 0.220. The predicted octanol–water partition coefficient (Wildman–Crippen LogP) is 1.72. The first-order valence-electron chi connectivity index (χ1n) is 8.36. The zero-order valence-corrected chi connectivity index (χ0v) is 14.8. The lowest BCUT2D eigenvalue weighted by Gasteiger charge is -2.20. The van der Waals surface area contributed by atoms with Gasteiger partial charge in [0.15, 0.2) is 6.61 Å². The maximum Gasteiger partial charge on any atom is 0.329 e. The number of hydrogen-bond acceptors (Lipinski definition) is 6. The Kier molecular flexibility index (Phi) is 5.18. The average molecular weight is 377 g/mol. The van der Waals surface area contributed by atoms with Gasteiger partial charge in [-0.3, -0.25) is 19.3 Å². The molecule has 140 valence electrons. The Hall–Kier alpha value is -3.99. The van der Waals surface area contributed by atoms with Crippen molar-refractivity contribution in [2.75, 3.05) is 11.9 Å². The normalized spacial score (nSPS) is 13.5. The summed E-state index contributed by atoms with van der Waals surface area (Å²) in [5, 5.41) is 11.5. The molecule has 0 saturated heterocycles. The van der Waals surface area contributed by atoms with Crippen molar-refractivity contribution in [1.82, 2.24) is 4.90 Å². The van der Waals surface area contributed by atoms with E-state index in [0.29, 0.717) is 5.69 Å². The summed E-state index contributed by atoms with van der Waals surface area (Å²) in [6.07, 6.45) is 0. The summed E-state index contributed by atoms with van der Waals surface area (Å²) in [6, 6.07) is 13.4. The van der Waals surface area contributed by atoms with E-state index in [4.69, 9.17) is 10.00 Å². The molecule has 28 heavy (non-hydrogen) atoms. The van der Waals surface area contributed by atoms with Gasteiger partial charge >= 0.3 is 5.97 Å². The maximum absolute atomic E-state index is 12.4. The van der Waals surface area contributed by atoms with Crippen molar-refractivity contribution in [3.63, 3.8) is 0 Å². The Morgan fingerprint density at radius 1 is 1.07 bits per heavy atom. The number of anilines is 1. The van der Waals surface area contributed by atoms with Crippen LogP contribution in [0.5, 0.6) is 0 Å². The highest BCUT2D eigenvalue weighted by Gasteiger charge is 2.41. The molecule has 3 amide bonds. The molecule has 2 aromatic carbocycles. The number of esters is 1. The standard InChI is InChI=1S/C20H15N3O5/c1-12(23-18(25)14-7-3-4-8-15(14)19(23)26)20(27)28-11-17(24)22-16-9-5-2-6-13(16)10-21/h2-9,12H,11H2,1H3,(H,22,24)/t12-/m0/s1. The molecule has 0 fully saturated rings. The highest BCUT2D eigenvalue weighted by atomic mass is 16.5. The number of hydrogen-bond donors (Lipinski definition) is 1. The summed E-state index contributed by atoms with van der Waals surface area (Å²) in [6.45, 7) is 0.735. The Labute approximate surface area is 160 Å². The molecule has 0 unspecified atom stereocenters. The lowest BCUT2D eigenvalue weighted by Crippen LogP contribution is -2.44. The minimum atomic E-state index is -1.19. The molecule has 8 nitrogen and oxygen atoms in total. The van der Waals surface area contributed by atoms with Gasteiger partial charge in [-0.15, -0.1) is 0 Å². The van der Waals surface area contributed by atoms with E-state index >= 15 is 0 Å². The van der Waals surface area contributed by atoms with Gasteiger partial charge in [-0.1, -0.05) is 24.3 Å². The van der Waals surface area contributed by atoms with Gasteiger partial charge in [0.1, 0.15) is 12.1 Å². The maximum atomic E-state index is 12.4. The van der Waals surface area contributed by atoms with Crippen LogP contribution in [0.3, 0.4) is 0 Å². The van der Waals surface area contributed by atoms with E-state index < -0.39 is 36.3 Å². The van der Waals surface area contributed by atoms with Gasteiger partial charge in [0, 0.05) is 0 Å². The van der Waals surface area contributed by atoms with Crippen LogP contribution in [-0.2, 0) is 14.3 Å². The zero-order valence-electron chi connectivity index (χ0n) is 14.8. The van der Waals surface area contributed by atoms with Crippen LogP contribution in [0, 0.1) is 11.3 Å². The zero-order chi connectivity index (χ0) is 20.3. The molecule has 1 aliphatic heterocycles. The fourth-order valence-electron chi connectivity index (χ4n) is 2.80. The third kappa shape index (κ3) is 3.46. The largest absolute Gasteiger partial charge is 0.454 e. The van der Waals surface area contributed by atoms with Gasteiger partial charge < -0.3 is 10.1 Å². The van der Waals surface area contributed by atoms with Crippen LogP contribution < -0.4 is 5.32 Å². The average Bonchev–Trinajstić information content (AvgIpc) is 2.96. The molecule has 0 aromatic heterocycles. The van der Waals surface area contributed by atoms with Gasteiger partial charge in [0.2, 0.25) is 0 Å². The second-order valence-corrected chi connectivity index (χ2v) is 6.02. The van der Waals surface area contributed by atoms with Crippen molar-refractivity contribution < 1.29 is 23.9 Å². The fraction of sp³-hybridized carbons (Fsp3) is 0.150. The molecule has 0 spiro atoms. The summed E-state index contributed by atoms with van der Waals surface area (Å²) >= 11 is 0. The molecule has 3 rings (SSSR count). The Balaban J connectivity index is 1.61. The molecule has 1 atom stereocenters. The summed E-state index contributed by atoms with van der Waals surface area (Å²) in [4.78, 5) is 49.8. The fourth-order valence-corrected chi connectivity index (χ4v) is 2.80. The molecule has 1 N–H and O–H groups in total. The third-order valence-corrected chi connectivity index (χ3v) is 4.22. The predicted molar refractivity (Wildman–Crippen MR) is 97.1 cm³/mol. The highest BCUT2D eigenvalue weighted by molar-refractivity contribution is 6.22. The highest BCUT2D eigenvalue weighted by Crippen LogP contribution is 2.24. The SMILES string of the molecule is C[C@@H](C(=O)OCC(=O)Nc1ccccc1C#N)N1C(=O)c2ccccc2C1=O. The van der Waals surface area contributed by atoms with E-state index in [0.717, 1.165) is 4.90 Å². The number of benzene rings is 2. The first kappa shape index (κ1) is 18.8. The van der Waals surface area contributed by atoms with Crippen molar-refractivity contribution >= 4 is 29.4 Å². The molecule has 0 saturated carbocycles. The molecule has 2 aromatic rings. The Morgan fingerprint density at radius 2 is 1.64 bits per heavy atom. The smallest absolute Gasteiger partial charge is 0.329 e. The summed E-state index contributed by atoms with van der Waals surface area (Å²) < 4.78 is 4.94. The van der Waals surface area contributed by atoms with Crippen LogP contribution in [-0.4, -0.2) is 41.2 Å². The third-order valence-electron chi connectivity index (χ3n) is 4.22. The van der Waals surface area contributed by atoms with Crippen molar-refractivity contribution in [3.05, 3.63) is 65.2 Å². The van der Waals surface area contributed by atoms with Gasteiger partial charge in [0.25, 0.3) is 17.7 Å². The number of para-hydroxylation sites is 1. The number of nitrogens with one attached hydrogen (secondary N) is 1. The van der Waals surface area contributed by atoms with Crippen molar-refractivity contribution in [3.8, 4) is 6.07 Å². The van der Waals surface area contributed by atoms with Crippen molar-refractivity contribution in [1.29, 1.82) is 5.26 Å². The quantitative estimate of drug-likeness (QED) is 0.626. The molecule has 0 radical (unpaired) electrons. The topological polar surface area (TPSA) is 117 Å². The number of amides is 3. The Bertz CT molecular complexity index is 989. The Morgan fingerprint density at radius 3 is 2.25 bits per heavy atom. The molecule has 0 bridgehead atoms. The molecule has 1 aliphatic rings. The molecule has 8 heteroatoms. The number of fused-ring (bicyclic) bond motifs is 1. The van der Waals surface area contributed by atoms with Crippen LogP contribution in [0.25, 0.3) is 0 Å². The van der Waals surface area contributed by atoms with Gasteiger partial charge in [0.05, 0.1) is 22.4 Å². The molecular weight excluding hydrogens is 362 g/mol. The number of ether oxygens (including phenoxy) is 1. The number of nitrogens with zero attached hydrogens (tertiary/aromatic N) is 2. The van der Waals surface area contributed by atoms with E-state index in [1.165, 1.54) is 25.1 Å². The summed E-state index contributed by atoms with van der Waals surface area (Å²) in [7, 11) is 0. The van der Waals surface area contributed by atoms with Gasteiger partial charge in [-0.05, 0) is 31.2 Å². The number of nitriles is 1. The van der Waals surface area contributed by atoms with Gasteiger partial charge in [-0.2, -0.15) is 5.26 Å².